The molecule has 0 amide bonds. The van der Waals surface area contributed by atoms with Crippen molar-refractivity contribution in [3.63, 3.8) is 0 Å². The first kappa shape index (κ1) is 9.71. The average Bonchev–Trinajstić information content (AvgIpc) is 2.30. The minimum absolute atomic E-state index is 0.127. The van der Waals surface area contributed by atoms with Crippen LogP contribution in [0.1, 0.15) is 12.5 Å². The van der Waals surface area contributed by atoms with Gasteiger partial charge in [-0.05, 0) is 12.0 Å². The number of aromatic amines is 1. The number of benzene rings is 1. The maximum Gasteiger partial charge on any atom is 0.192 e. The lowest BCUT2D eigenvalue weighted by atomic mass is 10.0. The lowest BCUT2D eigenvalue weighted by Crippen LogP contribution is -2.10. The average molecular weight is 199 g/mol. The Labute approximate surface area is 88.6 Å². The van der Waals surface area contributed by atoms with Gasteiger partial charge >= 0.3 is 0 Å². The first-order valence-corrected chi connectivity index (χ1v) is 5.08. The minimum Gasteiger partial charge on any atom is -0.367 e. The highest BCUT2D eigenvalue weighted by molar-refractivity contribution is 5.62. The summed E-state index contributed by atoms with van der Waals surface area (Å²) < 4.78 is 0. The molecule has 0 fully saturated rings. The SMILES string of the molecule is CCc1c[nH]cc(-c2ccccc2)c1=O. The lowest BCUT2D eigenvalue weighted by Gasteiger charge is -2.02. The van der Waals surface area contributed by atoms with Gasteiger partial charge in [-0.25, -0.2) is 0 Å². The van der Waals surface area contributed by atoms with Crippen molar-refractivity contribution in [2.75, 3.05) is 0 Å². The second kappa shape index (κ2) is 4.13. The lowest BCUT2D eigenvalue weighted by molar-refractivity contribution is 1.08. The number of aryl methyl sites for hydroxylation is 1. The van der Waals surface area contributed by atoms with Crippen molar-refractivity contribution in [1.82, 2.24) is 4.98 Å². The summed E-state index contributed by atoms with van der Waals surface area (Å²) in [6.07, 6.45) is 4.29. The Bertz CT molecular complexity index is 499. The summed E-state index contributed by atoms with van der Waals surface area (Å²) in [5.41, 5.74) is 2.67. The van der Waals surface area contributed by atoms with E-state index >= 15 is 0 Å². The molecule has 0 saturated carbocycles. The molecule has 0 unspecified atom stereocenters. The van der Waals surface area contributed by atoms with Crippen LogP contribution in [0.25, 0.3) is 11.1 Å². The van der Waals surface area contributed by atoms with E-state index in [2.05, 4.69) is 4.98 Å². The highest BCUT2D eigenvalue weighted by Gasteiger charge is 2.04. The van der Waals surface area contributed by atoms with E-state index in [1.165, 1.54) is 0 Å². The molecular weight excluding hydrogens is 186 g/mol. The number of aromatic nitrogens is 1. The molecule has 0 saturated heterocycles. The molecule has 2 heteroatoms. The number of pyridine rings is 1. The predicted octanol–water partition coefficient (Wildman–Crippen LogP) is 2.60. The molecular formula is C13H13NO. The molecule has 0 aliphatic heterocycles. The summed E-state index contributed by atoms with van der Waals surface area (Å²) in [6.45, 7) is 1.99. The molecule has 76 valence electrons. The fourth-order valence-corrected chi connectivity index (χ4v) is 1.62. The van der Waals surface area contributed by atoms with Crippen LogP contribution in [0.4, 0.5) is 0 Å². The maximum absolute atomic E-state index is 12.0. The molecule has 0 spiro atoms. The Kier molecular flexibility index (Phi) is 2.68. The topological polar surface area (TPSA) is 32.9 Å². The summed E-state index contributed by atoms with van der Waals surface area (Å²) in [5, 5.41) is 0. The second-order valence-corrected chi connectivity index (χ2v) is 3.44. The van der Waals surface area contributed by atoms with Gasteiger partial charge < -0.3 is 4.98 Å². The van der Waals surface area contributed by atoms with E-state index < -0.39 is 0 Å². The summed E-state index contributed by atoms with van der Waals surface area (Å²) in [5.74, 6) is 0. The van der Waals surface area contributed by atoms with Crippen LogP contribution >= 0.6 is 0 Å². The van der Waals surface area contributed by atoms with E-state index in [4.69, 9.17) is 0 Å². The molecule has 2 rings (SSSR count). The molecule has 15 heavy (non-hydrogen) atoms. The molecule has 0 aliphatic rings. The van der Waals surface area contributed by atoms with E-state index in [1.807, 2.05) is 37.3 Å². The third kappa shape index (κ3) is 1.84. The van der Waals surface area contributed by atoms with Gasteiger partial charge in [0.25, 0.3) is 0 Å². The number of H-pyrrole nitrogens is 1. The second-order valence-electron chi connectivity index (χ2n) is 3.44. The zero-order chi connectivity index (χ0) is 10.7. The molecule has 1 aromatic carbocycles. The van der Waals surface area contributed by atoms with Crippen LogP contribution < -0.4 is 5.43 Å². The molecule has 2 nitrogen and oxygen atoms in total. The molecule has 0 bridgehead atoms. The van der Waals surface area contributed by atoms with E-state index in [0.717, 1.165) is 23.1 Å². The molecule has 0 radical (unpaired) electrons. The Morgan fingerprint density at radius 2 is 1.87 bits per heavy atom. The summed E-state index contributed by atoms with van der Waals surface area (Å²) in [6, 6.07) is 9.72. The quantitative estimate of drug-likeness (QED) is 0.792. The first-order chi connectivity index (χ1) is 7.33. The minimum atomic E-state index is 0.127. The maximum atomic E-state index is 12.0. The van der Waals surface area contributed by atoms with Gasteiger partial charge in [-0.1, -0.05) is 37.3 Å². The van der Waals surface area contributed by atoms with Crippen molar-refractivity contribution < 1.29 is 0 Å². The largest absolute Gasteiger partial charge is 0.367 e. The monoisotopic (exact) mass is 199 g/mol. The van der Waals surface area contributed by atoms with Crippen molar-refractivity contribution in [3.8, 4) is 11.1 Å². The van der Waals surface area contributed by atoms with Crippen LogP contribution in [-0.2, 0) is 6.42 Å². The highest BCUT2D eigenvalue weighted by atomic mass is 16.1. The zero-order valence-corrected chi connectivity index (χ0v) is 8.66. The van der Waals surface area contributed by atoms with Crippen molar-refractivity contribution in [2.24, 2.45) is 0 Å². The fourth-order valence-electron chi connectivity index (χ4n) is 1.62. The van der Waals surface area contributed by atoms with Gasteiger partial charge in [0.15, 0.2) is 5.43 Å². The van der Waals surface area contributed by atoms with Gasteiger partial charge in [0.05, 0.1) is 0 Å². The van der Waals surface area contributed by atoms with Crippen molar-refractivity contribution in [1.29, 1.82) is 0 Å². The summed E-state index contributed by atoms with van der Waals surface area (Å²) in [4.78, 5) is 15.0. The van der Waals surface area contributed by atoms with Gasteiger partial charge in [-0.3, -0.25) is 4.79 Å². The normalized spacial score (nSPS) is 10.2. The van der Waals surface area contributed by atoms with Crippen LogP contribution in [0.15, 0.2) is 47.5 Å². The Morgan fingerprint density at radius 3 is 2.53 bits per heavy atom. The third-order valence-corrected chi connectivity index (χ3v) is 2.49. The van der Waals surface area contributed by atoms with Crippen LogP contribution in [0.5, 0.6) is 0 Å². The molecule has 1 heterocycles. The van der Waals surface area contributed by atoms with E-state index in [1.54, 1.807) is 12.4 Å². The van der Waals surface area contributed by atoms with Gasteiger partial charge in [0, 0.05) is 23.5 Å². The van der Waals surface area contributed by atoms with Crippen LogP contribution in [-0.4, -0.2) is 4.98 Å². The molecule has 0 aliphatic carbocycles. The van der Waals surface area contributed by atoms with Gasteiger partial charge in [-0.15, -0.1) is 0 Å². The van der Waals surface area contributed by atoms with Gasteiger partial charge in [0.2, 0.25) is 0 Å². The molecule has 1 N–H and O–H groups in total. The predicted molar refractivity (Wildman–Crippen MR) is 61.9 cm³/mol. The summed E-state index contributed by atoms with van der Waals surface area (Å²) in [7, 11) is 0. The number of hydrogen-bond acceptors (Lipinski definition) is 1. The summed E-state index contributed by atoms with van der Waals surface area (Å²) >= 11 is 0. The van der Waals surface area contributed by atoms with Gasteiger partial charge in [0.1, 0.15) is 0 Å². The number of rotatable bonds is 2. The Morgan fingerprint density at radius 1 is 1.13 bits per heavy atom. The van der Waals surface area contributed by atoms with Crippen molar-refractivity contribution >= 4 is 0 Å². The number of hydrogen-bond donors (Lipinski definition) is 1. The van der Waals surface area contributed by atoms with Gasteiger partial charge in [-0.2, -0.15) is 0 Å². The molecule has 0 atom stereocenters. The molecule has 2 aromatic rings. The number of nitrogens with one attached hydrogen (secondary N) is 1. The fraction of sp³-hybridized carbons (Fsp3) is 0.154. The Balaban J connectivity index is 2.60. The smallest absolute Gasteiger partial charge is 0.192 e. The van der Waals surface area contributed by atoms with E-state index in [-0.39, 0.29) is 5.43 Å². The highest BCUT2D eigenvalue weighted by Crippen LogP contribution is 2.13. The van der Waals surface area contributed by atoms with Crippen molar-refractivity contribution in [3.05, 3.63) is 58.5 Å². The third-order valence-electron chi connectivity index (χ3n) is 2.49. The van der Waals surface area contributed by atoms with Crippen LogP contribution in [0.3, 0.4) is 0 Å². The van der Waals surface area contributed by atoms with Crippen molar-refractivity contribution in [2.45, 2.75) is 13.3 Å². The molecule has 1 aromatic heterocycles. The van der Waals surface area contributed by atoms with Crippen LogP contribution in [0.2, 0.25) is 0 Å². The Hall–Kier alpha value is -1.83. The van der Waals surface area contributed by atoms with E-state index in [9.17, 15) is 4.79 Å². The zero-order valence-electron chi connectivity index (χ0n) is 8.66. The first-order valence-electron chi connectivity index (χ1n) is 5.08. The van der Waals surface area contributed by atoms with E-state index in [0.29, 0.717) is 0 Å². The standard InChI is InChI=1S/C13H13NO/c1-2-10-8-14-9-12(13(10)15)11-6-4-3-5-7-11/h3-9H,2H2,1H3,(H,14,15). The van der Waals surface area contributed by atoms with Crippen LogP contribution in [0, 0.1) is 0 Å².